The zero-order valence-electron chi connectivity index (χ0n) is 8.18. The highest BCUT2D eigenvalue weighted by atomic mass is 35.5. The third kappa shape index (κ3) is 2.27. The lowest BCUT2D eigenvalue weighted by Crippen LogP contribution is -1.94. The van der Waals surface area contributed by atoms with Gasteiger partial charge in [-0.05, 0) is 18.7 Å². The lowest BCUT2D eigenvalue weighted by Gasteiger charge is -2.00. The van der Waals surface area contributed by atoms with Gasteiger partial charge in [0.15, 0.2) is 5.16 Å². The van der Waals surface area contributed by atoms with Gasteiger partial charge in [0.05, 0.1) is 12.4 Å². The zero-order chi connectivity index (χ0) is 10.8. The van der Waals surface area contributed by atoms with E-state index in [1.54, 1.807) is 6.20 Å². The van der Waals surface area contributed by atoms with Gasteiger partial charge >= 0.3 is 0 Å². The van der Waals surface area contributed by atoms with Gasteiger partial charge in [0.25, 0.3) is 0 Å². The summed E-state index contributed by atoms with van der Waals surface area (Å²) in [6.45, 7) is 1.89. The van der Waals surface area contributed by atoms with Gasteiger partial charge in [-0.3, -0.25) is 4.98 Å². The van der Waals surface area contributed by atoms with Gasteiger partial charge in [0.1, 0.15) is 16.0 Å². The number of aromatic nitrogens is 5. The summed E-state index contributed by atoms with van der Waals surface area (Å²) >= 11 is 7.11. The summed E-state index contributed by atoms with van der Waals surface area (Å²) in [6.07, 6.45) is 3.13. The maximum absolute atomic E-state index is 5.73. The van der Waals surface area contributed by atoms with E-state index in [0.717, 1.165) is 11.0 Å². The molecule has 0 aliphatic rings. The van der Waals surface area contributed by atoms with Gasteiger partial charge in [-0.25, -0.2) is 4.98 Å². The predicted molar refractivity (Wildman–Crippen MR) is 56.9 cm³/mol. The van der Waals surface area contributed by atoms with E-state index < -0.39 is 0 Å². The monoisotopic (exact) mass is 241 g/mol. The maximum Gasteiger partial charge on any atom is 0.197 e. The number of nitrogens with zero attached hydrogens (tertiary/aromatic N) is 5. The highest BCUT2D eigenvalue weighted by Crippen LogP contribution is 2.24. The number of hydrogen-bond acceptors (Lipinski definition) is 5. The third-order valence-electron chi connectivity index (χ3n) is 1.83. The van der Waals surface area contributed by atoms with Crippen LogP contribution in [0.5, 0.6) is 0 Å². The summed E-state index contributed by atoms with van der Waals surface area (Å²) in [5.74, 6) is 0.854. The molecule has 2 rings (SSSR count). The molecule has 0 aromatic carbocycles. The minimum absolute atomic E-state index is 0.374. The van der Waals surface area contributed by atoms with Gasteiger partial charge in [0.2, 0.25) is 0 Å². The summed E-state index contributed by atoms with van der Waals surface area (Å²) in [5.41, 5.74) is 0. The van der Waals surface area contributed by atoms with Crippen LogP contribution in [-0.4, -0.2) is 24.7 Å². The van der Waals surface area contributed by atoms with Crippen LogP contribution in [0.1, 0.15) is 5.82 Å². The van der Waals surface area contributed by atoms with E-state index in [1.165, 1.54) is 18.0 Å². The Labute approximate surface area is 95.9 Å². The standard InChI is InChI=1S/C8H8ClN5S/c1-5-12-13-8(14(5)2)15-7-4-10-3-6(9)11-7/h3-4H,1-2H3. The molecule has 0 atom stereocenters. The molecule has 0 saturated heterocycles. The molecular formula is C8H8ClN5S. The van der Waals surface area contributed by atoms with E-state index in [2.05, 4.69) is 20.2 Å². The van der Waals surface area contributed by atoms with Gasteiger partial charge in [0, 0.05) is 7.05 Å². The first-order valence-corrected chi connectivity index (χ1v) is 5.37. The van der Waals surface area contributed by atoms with E-state index in [9.17, 15) is 0 Å². The van der Waals surface area contributed by atoms with Crippen LogP contribution in [0.2, 0.25) is 5.15 Å². The summed E-state index contributed by atoms with van der Waals surface area (Å²) < 4.78 is 1.88. The Balaban J connectivity index is 2.26. The molecule has 0 spiro atoms. The average Bonchev–Trinajstić information content (AvgIpc) is 2.50. The van der Waals surface area contributed by atoms with Crippen LogP contribution in [-0.2, 0) is 7.05 Å². The highest BCUT2D eigenvalue weighted by Gasteiger charge is 2.08. The van der Waals surface area contributed by atoms with Gasteiger partial charge in [-0.2, -0.15) is 0 Å². The van der Waals surface area contributed by atoms with Crippen molar-refractivity contribution < 1.29 is 0 Å². The highest BCUT2D eigenvalue weighted by molar-refractivity contribution is 7.99. The van der Waals surface area contributed by atoms with Crippen molar-refractivity contribution >= 4 is 23.4 Å². The smallest absolute Gasteiger partial charge is 0.197 e. The van der Waals surface area contributed by atoms with Crippen molar-refractivity contribution in [2.45, 2.75) is 17.1 Å². The first-order chi connectivity index (χ1) is 7.16. The van der Waals surface area contributed by atoms with Crippen LogP contribution in [0, 0.1) is 6.92 Å². The van der Waals surface area contributed by atoms with Crippen molar-refractivity contribution in [1.82, 2.24) is 24.7 Å². The molecule has 0 aliphatic heterocycles. The van der Waals surface area contributed by atoms with Gasteiger partial charge in [-0.15, -0.1) is 10.2 Å². The lowest BCUT2D eigenvalue weighted by molar-refractivity contribution is 0.764. The molecule has 0 radical (unpaired) electrons. The Bertz CT molecular complexity index is 484. The van der Waals surface area contributed by atoms with E-state index in [0.29, 0.717) is 10.2 Å². The fourth-order valence-corrected chi connectivity index (χ4v) is 1.94. The average molecular weight is 242 g/mol. The number of halogens is 1. The second kappa shape index (κ2) is 4.16. The molecular weight excluding hydrogens is 234 g/mol. The second-order valence-corrected chi connectivity index (χ2v) is 4.25. The minimum Gasteiger partial charge on any atom is -0.309 e. The fraction of sp³-hybridized carbons (Fsp3) is 0.250. The van der Waals surface area contributed by atoms with Crippen molar-refractivity contribution in [2.24, 2.45) is 7.05 Å². The van der Waals surface area contributed by atoms with Crippen LogP contribution in [0.25, 0.3) is 0 Å². The van der Waals surface area contributed by atoms with Crippen molar-refractivity contribution in [3.05, 3.63) is 23.4 Å². The molecule has 0 unspecified atom stereocenters. The van der Waals surface area contributed by atoms with Gasteiger partial charge < -0.3 is 4.57 Å². The molecule has 0 N–H and O–H groups in total. The van der Waals surface area contributed by atoms with E-state index in [4.69, 9.17) is 11.6 Å². The molecule has 78 valence electrons. The predicted octanol–water partition coefficient (Wildman–Crippen LogP) is 1.72. The molecule has 7 heteroatoms. The Morgan fingerprint density at radius 3 is 2.73 bits per heavy atom. The molecule has 0 saturated carbocycles. The van der Waals surface area contributed by atoms with Gasteiger partial charge in [-0.1, -0.05) is 11.6 Å². The lowest BCUT2D eigenvalue weighted by atomic mass is 10.7. The summed E-state index contributed by atoms with van der Waals surface area (Å²) in [5, 5.41) is 9.80. The van der Waals surface area contributed by atoms with Crippen LogP contribution < -0.4 is 0 Å². The van der Waals surface area contributed by atoms with E-state index in [1.807, 2.05) is 18.5 Å². The van der Waals surface area contributed by atoms with Crippen LogP contribution in [0.4, 0.5) is 0 Å². The Kier molecular flexibility index (Phi) is 2.88. The third-order valence-corrected chi connectivity index (χ3v) is 2.96. The first-order valence-electron chi connectivity index (χ1n) is 4.18. The normalized spacial score (nSPS) is 10.6. The molecule has 15 heavy (non-hydrogen) atoms. The molecule has 0 aliphatic carbocycles. The molecule has 0 bridgehead atoms. The molecule has 2 aromatic heterocycles. The number of hydrogen-bond donors (Lipinski definition) is 0. The van der Waals surface area contributed by atoms with Crippen molar-refractivity contribution in [3.8, 4) is 0 Å². The fourth-order valence-electron chi connectivity index (χ4n) is 0.945. The summed E-state index contributed by atoms with van der Waals surface area (Å²) in [4.78, 5) is 8.05. The molecule has 0 amide bonds. The molecule has 0 fully saturated rings. The van der Waals surface area contributed by atoms with E-state index >= 15 is 0 Å². The largest absolute Gasteiger partial charge is 0.309 e. The van der Waals surface area contributed by atoms with E-state index in [-0.39, 0.29) is 0 Å². The molecule has 5 nitrogen and oxygen atoms in total. The molecule has 2 aromatic rings. The number of aryl methyl sites for hydroxylation is 1. The molecule has 2 heterocycles. The first kappa shape index (κ1) is 10.4. The van der Waals surface area contributed by atoms with Crippen molar-refractivity contribution in [1.29, 1.82) is 0 Å². The zero-order valence-corrected chi connectivity index (χ0v) is 9.75. The summed E-state index contributed by atoms with van der Waals surface area (Å²) in [6, 6.07) is 0. The quantitative estimate of drug-likeness (QED) is 0.801. The maximum atomic E-state index is 5.73. The van der Waals surface area contributed by atoms with Crippen LogP contribution in [0.15, 0.2) is 22.6 Å². The number of rotatable bonds is 2. The van der Waals surface area contributed by atoms with Crippen LogP contribution >= 0.6 is 23.4 Å². The SMILES string of the molecule is Cc1nnc(Sc2cncc(Cl)n2)n1C. The Morgan fingerprint density at radius 2 is 2.13 bits per heavy atom. The minimum atomic E-state index is 0.374. The Morgan fingerprint density at radius 1 is 1.33 bits per heavy atom. The topological polar surface area (TPSA) is 56.5 Å². The van der Waals surface area contributed by atoms with Crippen LogP contribution in [0.3, 0.4) is 0 Å². The van der Waals surface area contributed by atoms with Crippen molar-refractivity contribution in [2.75, 3.05) is 0 Å². The van der Waals surface area contributed by atoms with Crippen molar-refractivity contribution in [3.63, 3.8) is 0 Å². The summed E-state index contributed by atoms with van der Waals surface area (Å²) in [7, 11) is 1.90. The second-order valence-electron chi connectivity index (χ2n) is 2.87. The Hall–Kier alpha value is -1.14.